The van der Waals surface area contributed by atoms with Gasteiger partial charge in [0.2, 0.25) is 5.91 Å². The van der Waals surface area contributed by atoms with Crippen LogP contribution in [-0.2, 0) is 11.2 Å². The predicted octanol–water partition coefficient (Wildman–Crippen LogP) is 0.202. The third-order valence-electron chi connectivity index (χ3n) is 2.84. The van der Waals surface area contributed by atoms with Crippen LogP contribution in [0.2, 0.25) is 0 Å². The first-order valence-electron chi connectivity index (χ1n) is 6.61. The SMILES string of the molecule is Cc1cccc(C(=O)NCC(=O)NCCc2ncn[nH]2)c1. The average molecular weight is 287 g/mol. The number of hydrogen-bond acceptors (Lipinski definition) is 4. The van der Waals surface area contributed by atoms with E-state index in [0.29, 0.717) is 24.4 Å². The lowest BCUT2D eigenvalue weighted by molar-refractivity contribution is -0.120. The maximum Gasteiger partial charge on any atom is 0.251 e. The van der Waals surface area contributed by atoms with E-state index in [-0.39, 0.29) is 18.4 Å². The van der Waals surface area contributed by atoms with Gasteiger partial charge in [-0.05, 0) is 19.1 Å². The van der Waals surface area contributed by atoms with Crippen molar-refractivity contribution >= 4 is 11.8 Å². The third-order valence-corrected chi connectivity index (χ3v) is 2.84. The van der Waals surface area contributed by atoms with Crippen LogP contribution in [0.15, 0.2) is 30.6 Å². The second-order valence-corrected chi connectivity index (χ2v) is 4.58. The van der Waals surface area contributed by atoms with Gasteiger partial charge in [0.1, 0.15) is 12.2 Å². The molecule has 2 aromatic rings. The fourth-order valence-corrected chi connectivity index (χ4v) is 1.78. The van der Waals surface area contributed by atoms with Gasteiger partial charge < -0.3 is 10.6 Å². The molecule has 0 saturated carbocycles. The van der Waals surface area contributed by atoms with Crippen LogP contribution >= 0.6 is 0 Å². The summed E-state index contributed by atoms with van der Waals surface area (Å²) in [5.74, 6) is 0.207. The van der Waals surface area contributed by atoms with E-state index >= 15 is 0 Å². The topological polar surface area (TPSA) is 99.8 Å². The summed E-state index contributed by atoms with van der Waals surface area (Å²) >= 11 is 0. The number of rotatable bonds is 6. The molecular weight excluding hydrogens is 270 g/mol. The molecule has 2 rings (SSSR count). The van der Waals surface area contributed by atoms with Crippen molar-refractivity contribution in [2.75, 3.05) is 13.1 Å². The van der Waals surface area contributed by atoms with Gasteiger partial charge in [-0.15, -0.1) is 0 Å². The molecule has 0 aliphatic rings. The van der Waals surface area contributed by atoms with E-state index in [1.165, 1.54) is 6.33 Å². The van der Waals surface area contributed by atoms with Gasteiger partial charge in [-0.3, -0.25) is 14.7 Å². The molecule has 110 valence electrons. The number of aromatic nitrogens is 3. The molecule has 7 nitrogen and oxygen atoms in total. The van der Waals surface area contributed by atoms with Gasteiger partial charge >= 0.3 is 0 Å². The molecular formula is C14H17N5O2. The fourth-order valence-electron chi connectivity index (χ4n) is 1.78. The van der Waals surface area contributed by atoms with Crippen molar-refractivity contribution in [3.8, 4) is 0 Å². The van der Waals surface area contributed by atoms with Crippen LogP contribution in [0, 0.1) is 6.92 Å². The minimum atomic E-state index is -0.260. The number of carbonyl (C=O) groups is 2. The second-order valence-electron chi connectivity index (χ2n) is 4.58. The molecule has 0 fully saturated rings. The number of aryl methyl sites for hydroxylation is 1. The lowest BCUT2D eigenvalue weighted by Crippen LogP contribution is -2.37. The highest BCUT2D eigenvalue weighted by atomic mass is 16.2. The lowest BCUT2D eigenvalue weighted by Gasteiger charge is -2.06. The summed E-state index contributed by atoms with van der Waals surface area (Å²) in [7, 11) is 0. The maximum atomic E-state index is 11.8. The van der Waals surface area contributed by atoms with Crippen LogP contribution in [0.25, 0.3) is 0 Å². The Morgan fingerprint density at radius 2 is 2.14 bits per heavy atom. The van der Waals surface area contributed by atoms with Crippen LogP contribution in [-0.4, -0.2) is 40.1 Å². The van der Waals surface area contributed by atoms with Crippen molar-refractivity contribution in [2.24, 2.45) is 0 Å². The summed E-state index contributed by atoms with van der Waals surface area (Å²) in [5, 5.41) is 11.7. The van der Waals surface area contributed by atoms with Gasteiger partial charge in [0.05, 0.1) is 6.54 Å². The third kappa shape index (κ3) is 4.72. The van der Waals surface area contributed by atoms with Gasteiger partial charge in [-0.2, -0.15) is 5.10 Å². The zero-order valence-electron chi connectivity index (χ0n) is 11.7. The Labute approximate surface area is 122 Å². The summed E-state index contributed by atoms with van der Waals surface area (Å²) in [6.45, 7) is 2.30. The van der Waals surface area contributed by atoms with Gasteiger partial charge in [-0.1, -0.05) is 17.7 Å². The number of nitrogens with zero attached hydrogens (tertiary/aromatic N) is 2. The van der Waals surface area contributed by atoms with E-state index in [4.69, 9.17) is 0 Å². The van der Waals surface area contributed by atoms with Crippen molar-refractivity contribution in [3.63, 3.8) is 0 Å². The fraction of sp³-hybridized carbons (Fsp3) is 0.286. The number of benzene rings is 1. The molecule has 3 N–H and O–H groups in total. The molecule has 0 unspecified atom stereocenters. The van der Waals surface area contributed by atoms with E-state index in [1.54, 1.807) is 12.1 Å². The summed E-state index contributed by atoms with van der Waals surface area (Å²) in [6, 6.07) is 7.20. The van der Waals surface area contributed by atoms with E-state index in [1.807, 2.05) is 19.1 Å². The van der Waals surface area contributed by atoms with Crippen LogP contribution < -0.4 is 10.6 Å². The Morgan fingerprint density at radius 3 is 2.86 bits per heavy atom. The minimum absolute atomic E-state index is 0.0524. The molecule has 1 aromatic carbocycles. The molecule has 7 heteroatoms. The molecule has 0 atom stereocenters. The first kappa shape index (κ1) is 14.7. The Hall–Kier alpha value is -2.70. The number of nitrogens with one attached hydrogen (secondary N) is 3. The highest BCUT2D eigenvalue weighted by molar-refractivity contribution is 5.96. The predicted molar refractivity (Wildman–Crippen MR) is 76.6 cm³/mol. The largest absolute Gasteiger partial charge is 0.354 e. The van der Waals surface area contributed by atoms with Crippen LogP contribution in [0.4, 0.5) is 0 Å². The van der Waals surface area contributed by atoms with Crippen molar-refractivity contribution in [1.29, 1.82) is 0 Å². The molecule has 1 aromatic heterocycles. The van der Waals surface area contributed by atoms with E-state index in [0.717, 1.165) is 5.56 Å². The van der Waals surface area contributed by atoms with Crippen molar-refractivity contribution in [1.82, 2.24) is 25.8 Å². The first-order chi connectivity index (χ1) is 10.1. The number of hydrogen-bond donors (Lipinski definition) is 3. The zero-order valence-corrected chi connectivity index (χ0v) is 11.7. The lowest BCUT2D eigenvalue weighted by atomic mass is 10.1. The standard InChI is InChI=1S/C14H17N5O2/c1-10-3-2-4-11(7-10)14(21)16-8-13(20)15-6-5-12-17-9-18-19-12/h2-4,7,9H,5-6,8H2,1H3,(H,15,20)(H,16,21)(H,17,18,19). The highest BCUT2D eigenvalue weighted by Gasteiger charge is 2.07. The molecule has 0 aliphatic carbocycles. The molecule has 0 bridgehead atoms. The molecule has 2 amide bonds. The van der Waals surface area contributed by atoms with E-state index < -0.39 is 0 Å². The molecule has 0 spiro atoms. The zero-order chi connectivity index (χ0) is 15.1. The smallest absolute Gasteiger partial charge is 0.251 e. The van der Waals surface area contributed by atoms with Crippen LogP contribution in [0.3, 0.4) is 0 Å². The van der Waals surface area contributed by atoms with E-state index in [2.05, 4.69) is 25.8 Å². The van der Waals surface area contributed by atoms with Crippen molar-refractivity contribution < 1.29 is 9.59 Å². The summed E-state index contributed by atoms with van der Waals surface area (Å²) in [4.78, 5) is 27.4. The first-order valence-corrected chi connectivity index (χ1v) is 6.61. The van der Waals surface area contributed by atoms with Crippen molar-refractivity contribution in [2.45, 2.75) is 13.3 Å². The Kier molecular flexibility index (Phi) is 5.03. The van der Waals surface area contributed by atoms with Crippen LogP contribution in [0.5, 0.6) is 0 Å². The monoisotopic (exact) mass is 287 g/mol. The van der Waals surface area contributed by atoms with Crippen LogP contribution in [0.1, 0.15) is 21.7 Å². The highest BCUT2D eigenvalue weighted by Crippen LogP contribution is 2.03. The number of amides is 2. The Bertz CT molecular complexity index is 610. The number of aromatic amines is 1. The minimum Gasteiger partial charge on any atom is -0.354 e. The molecule has 0 saturated heterocycles. The average Bonchev–Trinajstić information content (AvgIpc) is 2.98. The van der Waals surface area contributed by atoms with Gasteiger partial charge in [0.15, 0.2) is 0 Å². The Morgan fingerprint density at radius 1 is 1.29 bits per heavy atom. The van der Waals surface area contributed by atoms with Gasteiger partial charge in [0.25, 0.3) is 5.91 Å². The van der Waals surface area contributed by atoms with Crippen molar-refractivity contribution in [3.05, 3.63) is 47.5 Å². The molecule has 0 aliphatic heterocycles. The number of carbonyl (C=O) groups excluding carboxylic acids is 2. The Balaban J connectivity index is 1.70. The van der Waals surface area contributed by atoms with Gasteiger partial charge in [-0.25, -0.2) is 4.98 Å². The van der Waals surface area contributed by atoms with E-state index in [9.17, 15) is 9.59 Å². The summed E-state index contributed by atoms with van der Waals surface area (Å²) < 4.78 is 0. The second kappa shape index (κ2) is 7.18. The normalized spacial score (nSPS) is 10.1. The quantitative estimate of drug-likeness (QED) is 0.706. The molecule has 1 heterocycles. The summed E-state index contributed by atoms with van der Waals surface area (Å²) in [6.07, 6.45) is 1.98. The molecule has 0 radical (unpaired) electrons. The maximum absolute atomic E-state index is 11.8. The summed E-state index contributed by atoms with van der Waals surface area (Å²) in [5.41, 5.74) is 1.55. The number of H-pyrrole nitrogens is 1. The van der Waals surface area contributed by atoms with Gasteiger partial charge in [0, 0.05) is 18.5 Å². The molecule has 21 heavy (non-hydrogen) atoms.